The monoisotopic (exact) mass is 350 g/mol. The van der Waals surface area contributed by atoms with Gasteiger partial charge < -0.3 is 9.64 Å². The van der Waals surface area contributed by atoms with Crippen LogP contribution < -0.4 is 4.74 Å². The molecule has 2 aromatic rings. The van der Waals surface area contributed by atoms with Gasteiger partial charge in [0.25, 0.3) is 5.91 Å². The Kier molecular flexibility index (Phi) is 4.93. The molecule has 0 aromatic heterocycles. The molecule has 1 atom stereocenters. The Morgan fingerprint density at radius 1 is 1.00 bits per heavy atom. The van der Waals surface area contributed by atoms with Crippen molar-refractivity contribution in [2.45, 2.75) is 32.2 Å². The normalized spacial score (nSPS) is 20.5. The van der Waals surface area contributed by atoms with E-state index in [4.69, 9.17) is 4.74 Å². The summed E-state index contributed by atoms with van der Waals surface area (Å²) in [5.74, 6) is 1.74. The zero-order valence-electron chi connectivity index (χ0n) is 15.4. The lowest BCUT2D eigenvalue weighted by Crippen LogP contribution is -2.37. The average molecular weight is 350 g/mol. The molecule has 2 aromatic carbocycles. The first-order valence-electron chi connectivity index (χ1n) is 9.57. The zero-order chi connectivity index (χ0) is 17.9. The van der Waals surface area contributed by atoms with Crippen LogP contribution in [0.15, 0.2) is 48.5 Å². The molecule has 1 amide bonds. The standard InChI is InChI=1S/C22H26N2O2/c1-17-6-2-3-7-21(17)26-20-10-8-18(9-11-20)22(25)24-15-12-19(16-24)23-13-4-5-14-23/h2-3,6-11,19H,4-5,12-16H2,1H3/t19-/m0/s1. The number of aryl methyl sites for hydroxylation is 1. The van der Waals surface area contributed by atoms with Crippen LogP contribution in [0.3, 0.4) is 0 Å². The van der Waals surface area contributed by atoms with Crippen LogP contribution in [0.25, 0.3) is 0 Å². The lowest BCUT2D eigenvalue weighted by molar-refractivity contribution is 0.0780. The van der Waals surface area contributed by atoms with Crippen molar-refractivity contribution < 1.29 is 9.53 Å². The van der Waals surface area contributed by atoms with Crippen molar-refractivity contribution in [1.82, 2.24) is 9.80 Å². The van der Waals surface area contributed by atoms with Crippen molar-refractivity contribution in [1.29, 1.82) is 0 Å². The molecule has 2 fully saturated rings. The molecule has 2 aliphatic rings. The predicted molar refractivity (Wildman–Crippen MR) is 103 cm³/mol. The van der Waals surface area contributed by atoms with Crippen LogP contribution in [0.5, 0.6) is 11.5 Å². The summed E-state index contributed by atoms with van der Waals surface area (Å²) < 4.78 is 5.92. The van der Waals surface area contributed by atoms with E-state index in [1.807, 2.05) is 60.4 Å². The number of carbonyl (C=O) groups excluding carboxylic acids is 1. The minimum atomic E-state index is 0.133. The van der Waals surface area contributed by atoms with Crippen LogP contribution in [-0.2, 0) is 0 Å². The van der Waals surface area contributed by atoms with E-state index in [1.54, 1.807) is 0 Å². The summed E-state index contributed by atoms with van der Waals surface area (Å²) in [5, 5.41) is 0. The molecule has 0 unspecified atom stereocenters. The van der Waals surface area contributed by atoms with E-state index in [0.29, 0.717) is 6.04 Å². The number of nitrogens with zero attached hydrogens (tertiary/aromatic N) is 2. The van der Waals surface area contributed by atoms with Crippen molar-refractivity contribution in [2.75, 3.05) is 26.2 Å². The zero-order valence-corrected chi connectivity index (χ0v) is 15.4. The van der Waals surface area contributed by atoms with Crippen molar-refractivity contribution in [3.05, 3.63) is 59.7 Å². The number of hydrogen-bond donors (Lipinski definition) is 0. The molecule has 2 aliphatic heterocycles. The number of carbonyl (C=O) groups is 1. The smallest absolute Gasteiger partial charge is 0.253 e. The van der Waals surface area contributed by atoms with Crippen LogP contribution in [0, 0.1) is 6.92 Å². The third-order valence-corrected chi connectivity index (χ3v) is 5.53. The van der Waals surface area contributed by atoms with Gasteiger partial charge in [0.05, 0.1) is 0 Å². The largest absolute Gasteiger partial charge is 0.457 e. The topological polar surface area (TPSA) is 32.8 Å². The van der Waals surface area contributed by atoms with Gasteiger partial charge in [0.1, 0.15) is 11.5 Å². The molecule has 0 bridgehead atoms. The molecule has 2 heterocycles. The second-order valence-electron chi connectivity index (χ2n) is 7.33. The summed E-state index contributed by atoms with van der Waals surface area (Å²) in [5.41, 5.74) is 1.84. The van der Waals surface area contributed by atoms with Crippen LogP contribution in [-0.4, -0.2) is 47.9 Å². The fraction of sp³-hybridized carbons (Fsp3) is 0.409. The first kappa shape index (κ1) is 17.1. The first-order valence-corrected chi connectivity index (χ1v) is 9.57. The van der Waals surface area contributed by atoms with Crippen molar-refractivity contribution >= 4 is 5.91 Å². The molecule has 0 radical (unpaired) electrons. The SMILES string of the molecule is Cc1ccccc1Oc1ccc(C(=O)N2CC[C@H](N3CCCC3)C2)cc1. The minimum absolute atomic E-state index is 0.133. The number of para-hydroxylation sites is 1. The molecule has 0 N–H and O–H groups in total. The number of rotatable bonds is 4. The van der Waals surface area contributed by atoms with Gasteiger partial charge in [-0.3, -0.25) is 9.69 Å². The molecule has 2 saturated heterocycles. The van der Waals surface area contributed by atoms with Crippen molar-refractivity contribution in [3.63, 3.8) is 0 Å². The maximum absolute atomic E-state index is 12.8. The molecule has 4 nitrogen and oxygen atoms in total. The number of likely N-dealkylation sites (tertiary alicyclic amines) is 2. The van der Waals surface area contributed by atoms with Gasteiger partial charge in [0.2, 0.25) is 0 Å². The van der Waals surface area contributed by atoms with E-state index in [9.17, 15) is 4.79 Å². The molecule has 4 heteroatoms. The lowest BCUT2D eigenvalue weighted by Gasteiger charge is -2.23. The van der Waals surface area contributed by atoms with Crippen LogP contribution in [0.2, 0.25) is 0 Å². The Hall–Kier alpha value is -2.33. The Morgan fingerprint density at radius 3 is 2.46 bits per heavy atom. The van der Waals surface area contributed by atoms with E-state index in [0.717, 1.165) is 42.1 Å². The van der Waals surface area contributed by atoms with E-state index in [1.165, 1.54) is 25.9 Å². The van der Waals surface area contributed by atoms with Gasteiger partial charge in [-0.2, -0.15) is 0 Å². The van der Waals surface area contributed by atoms with Crippen LogP contribution in [0.1, 0.15) is 35.2 Å². The van der Waals surface area contributed by atoms with Gasteiger partial charge in [0, 0.05) is 24.7 Å². The number of benzene rings is 2. The minimum Gasteiger partial charge on any atom is -0.457 e. The second-order valence-corrected chi connectivity index (χ2v) is 7.33. The number of amides is 1. The van der Waals surface area contributed by atoms with E-state index < -0.39 is 0 Å². The summed E-state index contributed by atoms with van der Waals surface area (Å²) in [6, 6.07) is 16.0. The highest BCUT2D eigenvalue weighted by Gasteiger charge is 2.31. The maximum atomic E-state index is 12.8. The Bertz CT molecular complexity index is 766. The van der Waals surface area contributed by atoms with Gasteiger partial charge in [-0.1, -0.05) is 18.2 Å². The molecule has 136 valence electrons. The summed E-state index contributed by atoms with van der Waals surface area (Å²) in [6.45, 7) is 6.13. The molecule has 0 spiro atoms. The Morgan fingerprint density at radius 2 is 1.73 bits per heavy atom. The Labute approximate surface area is 155 Å². The second kappa shape index (κ2) is 7.50. The van der Waals surface area contributed by atoms with Crippen molar-refractivity contribution in [3.8, 4) is 11.5 Å². The third kappa shape index (κ3) is 3.61. The quantitative estimate of drug-likeness (QED) is 0.832. The van der Waals surface area contributed by atoms with Gasteiger partial charge in [0.15, 0.2) is 0 Å². The van der Waals surface area contributed by atoms with E-state index in [2.05, 4.69) is 4.90 Å². The van der Waals surface area contributed by atoms with Gasteiger partial charge >= 0.3 is 0 Å². The van der Waals surface area contributed by atoms with Gasteiger partial charge in [-0.15, -0.1) is 0 Å². The van der Waals surface area contributed by atoms with E-state index in [-0.39, 0.29) is 5.91 Å². The summed E-state index contributed by atoms with van der Waals surface area (Å²) in [7, 11) is 0. The summed E-state index contributed by atoms with van der Waals surface area (Å²) >= 11 is 0. The fourth-order valence-corrected chi connectivity index (χ4v) is 3.98. The van der Waals surface area contributed by atoms with Gasteiger partial charge in [-0.05, 0) is 75.2 Å². The molecular formula is C22H26N2O2. The average Bonchev–Trinajstić information content (AvgIpc) is 3.35. The van der Waals surface area contributed by atoms with E-state index >= 15 is 0 Å². The number of hydrogen-bond acceptors (Lipinski definition) is 3. The highest BCUT2D eigenvalue weighted by molar-refractivity contribution is 5.94. The number of ether oxygens (including phenoxy) is 1. The Balaban J connectivity index is 1.39. The fourth-order valence-electron chi connectivity index (χ4n) is 3.98. The molecular weight excluding hydrogens is 324 g/mol. The molecule has 4 rings (SSSR count). The third-order valence-electron chi connectivity index (χ3n) is 5.53. The highest BCUT2D eigenvalue weighted by Crippen LogP contribution is 2.26. The molecule has 0 saturated carbocycles. The van der Waals surface area contributed by atoms with Crippen molar-refractivity contribution in [2.24, 2.45) is 0 Å². The maximum Gasteiger partial charge on any atom is 0.253 e. The first-order chi connectivity index (χ1) is 12.7. The summed E-state index contributed by atoms with van der Waals surface area (Å²) in [6.07, 6.45) is 3.69. The molecule has 26 heavy (non-hydrogen) atoms. The van der Waals surface area contributed by atoms with Crippen LogP contribution in [0.4, 0.5) is 0 Å². The summed E-state index contributed by atoms with van der Waals surface area (Å²) in [4.78, 5) is 17.3. The predicted octanol–water partition coefficient (Wildman–Crippen LogP) is 4.10. The molecule has 0 aliphatic carbocycles. The highest BCUT2D eigenvalue weighted by atomic mass is 16.5. The van der Waals surface area contributed by atoms with Crippen LogP contribution >= 0.6 is 0 Å². The van der Waals surface area contributed by atoms with Gasteiger partial charge in [-0.25, -0.2) is 0 Å². The lowest BCUT2D eigenvalue weighted by atomic mass is 10.2.